The summed E-state index contributed by atoms with van der Waals surface area (Å²) in [5, 5.41) is 8.44. The van der Waals surface area contributed by atoms with Gasteiger partial charge in [0.25, 0.3) is 5.91 Å². The summed E-state index contributed by atoms with van der Waals surface area (Å²) in [6, 6.07) is 24.5. The molecule has 0 radical (unpaired) electrons. The van der Waals surface area contributed by atoms with Crippen LogP contribution in [0, 0.1) is 0 Å². The van der Waals surface area contributed by atoms with Crippen molar-refractivity contribution in [3.8, 4) is 5.75 Å². The number of rotatable bonds is 9. The van der Waals surface area contributed by atoms with Gasteiger partial charge in [-0.05, 0) is 35.9 Å². The van der Waals surface area contributed by atoms with Gasteiger partial charge in [-0.25, -0.2) is 0 Å². The Morgan fingerprint density at radius 1 is 0.867 bits per heavy atom. The van der Waals surface area contributed by atoms with Gasteiger partial charge in [-0.2, -0.15) is 0 Å². The molecule has 0 aliphatic heterocycles. The van der Waals surface area contributed by atoms with Gasteiger partial charge in [0.15, 0.2) is 0 Å². The van der Waals surface area contributed by atoms with Gasteiger partial charge in [-0.15, -0.1) is 0 Å². The predicted molar refractivity (Wildman–Crippen MR) is 119 cm³/mol. The first-order valence-corrected chi connectivity index (χ1v) is 9.77. The number of carbonyl (C=O) groups excluding carboxylic acids is 2. The van der Waals surface area contributed by atoms with Crippen molar-refractivity contribution in [1.82, 2.24) is 5.32 Å². The number of hydrogen-bond acceptors (Lipinski definition) is 4. The first-order valence-electron chi connectivity index (χ1n) is 9.77. The number of ether oxygens (including phenoxy) is 1. The Bertz CT molecular complexity index is 990. The lowest BCUT2D eigenvalue weighted by Crippen LogP contribution is -2.22. The first-order chi connectivity index (χ1) is 14.6. The van der Waals surface area contributed by atoms with Crippen molar-refractivity contribution >= 4 is 23.2 Å². The summed E-state index contributed by atoms with van der Waals surface area (Å²) >= 11 is 0. The fourth-order valence-corrected chi connectivity index (χ4v) is 2.90. The molecule has 154 valence electrons. The van der Waals surface area contributed by atoms with Crippen LogP contribution in [0.2, 0.25) is 0 Å². The molecule has 6 heteroatoms. The van der Waals surface area contributed by atoms with E-state index in [0.717, 1.165) is 17.9 Å². The maximum absolute atomic E-state index is 12.2. The number of anilines is 2. The first kappa shape index (κ1) is 20.9. The van der Waals surface area contributed by atoms with Gasteiger partial charge in [0, 0.05) is 36.5 Å². The second-order valence-electron chi connectivity index (χ2n) is 6.67. The highest BCUT2D eigenvalue weighted by Gasteiger charge is 2.07. The van der Waals surface area contributed by atoms with Crippen LogP contribution in [0.15, 0.2) is 78.9 Å². The van der Waals surface area contributed by atoms with E-state index in [1.807, 2.05) is 42.5 Å². The molecule has 30 heavy (non-hydrogen) atoms. The fourth-order valence-electron chi connectivity index (χ4n) is 2.90. The zero-order chi connectivity index (χ0) is 21.2. The smallest absolute Gasteiger partial charge is 0.251 e. The van der Waals surface area contributed by atoms with Crippen LogP contribution in [0.4, 0.5) is 11.4 Å². The minimum absolute atomic E-state index is 0.0949. The Morgan fingerprint density at radius 2 is 1.63 bits per heavy atom. The van der Waals surface area contributed by atoms with Crippen molar-refractivity contribution in [3.05, 3.63) is 90.0 Å². The maximum Gasteiger partial charge on any atom is 0.251 e. The average molecular weight is 403 g/mol. The van der Waals surface area contributed by atoms with E-state index >= 15 is 0 Å². The second kappa shape index (κ2) is 10.7. The van der Waals surface area contributed by atoms with Gasteiger partial charge in [-0.3, -0.25) is 9.59 Å². The molecule has 6 nitrogen and oxygen atoms in total. The summed E-state index contributed by atoms with van der Waals surface area (Å²) in [4.78, 5) is 23.9. The van der Waals surface area contributed by atoms with Crippen LogP contribution in [-0.2, 0) is 11.2 Å². The SMILES string of the molecule is CNC(=O)c1cccc(NC(=O)CNc2cccc(OCCc3ccccc3)c2)c1. The summed E-state index contributed by atoms with van der Waals surface area (Å²) < 4.78 is 5.82. The molecule has 0 heterocycles. The zero-order valence-corrected chi connectivity index (χ0v) is 16.9. The van der Waals surface area contributed by atoms with Crippen LogP contribution in [0.25, 0.3) is 0 Å². The van der Waals surface area contributed by atoms with Crippen molar-refractivity contribution < 1.29 is 14.3 Å². The molecule has 0 atom stereocenters. The van der Waals surface area contributed by atoms with E-state index in [4.69, 9.17) is 4.74 Å². The number of amides is 2. The molecule has 3 aromatic carbocycles. The van der Waals surface area contributed by atoms with E-state index in [-0.39, 0.29) is 18.4 Å². The third-order valence-corrected chi connectivity index (χ3v) is 4.42. The lowest BCUT2D eigenvalue weighted by atomic mass is 10.2. The topological polar surface area (TPSA) is 79.5 Å². The number of nitrogens with one attached hydrogen (secondary N) is 3. The van der Waals surface area contributed by atoms with Gasteiger partial charge in [0.1, 0.15) is 5.75 Å². The van der Waals surface area contributed by atoms with Gasteiger partial charge in [0.2, 0.25) is 5.91 Å². The minimum Gasteiger partial charge on any atom is -0.493 e. The van der Waals surface area contributed by atoms with Gasteiger partial charge < -0.3 is 20.7 Å². The fraction of sp³-hybridized carbons (Fsp3) is 0.167. The van der Waals surface area contributed by atoms with Crippen LogP contribution in [-0.4, -0.2) is 32.0 Å². The summed E-state index contributed by atoms with van der Waals surface area (Å²) in [5.74, 6) is 0.336. The van der Waals surface area contributed by atoms with Gasteiger partial charge in [0.05, 0.1) is 13.2 Å². The van der Waals surface area contributed by atoms with Crippen molar-refractivity contribution in [1.29, 1.82) is 0 Å². The number of carbonyl (C=O) groups is 2. The molecule has 0 aliphatic rings. The predicted octanol–water partition coefficient (Wildman–Crippen LogP) is 3.72. The highest BCUT2D eigenvalue weighted by Crippen LogP contribution is 2.18. The Labute approximate surface area is 176 Å². The highest BCUT2D eigenvalue weighted by molar-refractivity contribution is 5.98. The molecule has 2 amide bonds. The summed E-state index contributed by atoms with van der Waals surface area (Å²) in [7, 11) is 1.57. The summed E-state index contributed by atoms with van der Waals surface area (Å²) in [6.45, 7) is 0.674. The zero-order valence-electron chi connectivity index (χ0n) is 16.9. The quantitative estimate of drug-likeness (QED) is 0.509. The average Bonchev–Trinajstić information content (AvgIpc) is 2.78. The Morgan fingerprint density at radius 3 is 2.43 bits per heavy atom. The normalized spacial score (nSPS) is 10.2. The third-order valence-electron chi connectivity index (χ3n) is 4.42. The van der Waals surface area contributed by atoms with Gasteiger partial charge >= 0.3 is 0 Å². The molecule has 0 aromatic heterocycles. The summed E-state index contributed by atoms with van der Waals surface area (Å²) in [6.07, 6.45) is 0.829. The number of benzene rings is 3. The van der Waals surface area contributed by atoms with E-state index in [2.05, 4.69) is 28.1 Å². The highest BCUT2D eigenvalue weighted by atomic mass is 16.5. The molecule has 0 spiro atoms. The van der Waals surface area contributed by atoms with Crippen molar-refractivity contribution in [2.45, 2.75) is 6.42 Å². The monoisotopic (exact) mass is 403 g/mol. The molecule has 3 rings (SSSR count). The molecule has 0 bridgehead atoms. The van der Waals surface area contributed by atoms with Crippen LogP contribution >= 0.6 is 0 Å². The van der Waals surface area contributed by atoms with Crippen molar-refractivity contribution in [2.75, 3.05) is 30.8 Å². The molecule has 3 aromatic rings. The third kappa shape index (κ3) is 6.38. The van der Waals surface area contributed by atoms with E-state index in [0.29, 0.717) is 17.9 Å². The molecule has 0 saturated heterocycles. The van der Waals surface area contributed by atoms with E-state index in [9.17, 15) is 9.59 Å². The molecule has 0 saturated carbocycles. The van der Waals surface area contributed by atoms with Crippen LogP contribution in [0.3, 0.4) is 0 Å². The van der Waals surface area contributed by atoms with Crippen LogP contribution < -0.4 is 20.7 Å². The standard InChI is InChI=1S/C24H25N3O3/c1-25-24(29)19-9-5-11-21(15-19)27-23(28)17-26-20-10-6-12-22(16-20)30-14-13-18-7-3-2-4-8-18/h2-12,15-16,26H,13-14,17H2,1H3,(H,25,29)(H,27,28). The Kier molecular flexibility index (Phi) is 7.44. The molecule has 3 N–H and O–H groups in total. The Balaban J connectivity index is 1.48. The van der Waals surface area contributed by atoms with Crippen molar-refractivity contribution in [3.63, 3.8) is 0 Å². The largest absolute Gasteiger partial charge is 0.493 e. The maximum atomic E-state index is 12.2. The summed E-state index contributed by atoms with van der Waals surface area (Å²) in [5.41, 5.74) is 3.08. The molecular weight excluding hydrogens is 378 g/mol. The Hall–Kier alpha value is -3.80. The van der Waals surface area contributed by atoms with E-state index < -0.39 is 0 Å². The van der Waals surface area contributed by atoms with Crippen LogP contribution in [0.1, 0.15) is 15.9 Å². The van der Waals surface area contributed by atoms with Gasteiger partial charge in [-0.1, -0.05) is 42.5 Å². The molecule has 0 aliphatic carbocycles. The second-order valence-corrected chi connectivity index (χ2v) is 6.67. The van der Waals surface area contributed by atoms with Crippen molar-refractivity contribution in [2.24, 2.45) is 0 Å². The molecular formula is C24H25N3O3. The lowest BCUT2D eigenvalue weighted by molar-refractivity contribution is -0.114. The van der Waals surface area contributed by atoms with Crippen LogP contribution in [0.5, 0.6) is 5.75 Å². The van der Waals surface area contributed by atoms with E-state index in [1.165, 1.54) is 5.56 Å². The molecule has 0 fully saturated rings. The van der Waals surface area contributed by atoms with E-state index in [1.54, 1.807) is 31.3 Å². The minimum atomic E-state index is -0.209. The lowest BCUT2D eigenvalue weighted by Gasteiger charge is -2.11. The number of hydrogen-bond donors (Lipinski definition) is 3. The molecule has 0 unspecified atom stereocenters.